The predicted molar refractivity (Wildman–Crippen MR) is 72.5 cm³/mol. The Morgan fingerprint density at radius 3 is 2.41 bits per heavy atom. The Morgan fingerprint density at radius 1 is 1.12 bits per heavy atom. The van der Waals surface area contributed by atoms with Crippen LogP contribution in [0.1, 0.15) is 5.56 Å². The van der Waals surface area contributed by atoms with Crippen LogP contribution in [0.4, 0.5) is 0 Å². The molecule has 1 aromatic heterocycles. The van der Waals surface area contributed by atoms with Gasteiger partial charge >= 0.3 is 0 Å². The molecule has 6 heteroatoms. The van der Waals surface area contributed by atoms with E-state index in [9.17, 15) is 8.42 Å². The second-order valence-corrected chi connectivity index (χ2v) is 7.83. The second kappa shape index (κ2) is 5.30. The van der Waals surface area contributed by atoms with Crippen LogP contribution < -0.4 is 4.72 Å². The normalized spacial score (nSPS) is 11.6. The summed E-state index contributed by atoms with van der Waals surface area (Å²) in [6, 6.07) is 12.7. The molecular weight excluding hydrogens is 322 g/mol. The van der Waals surface area contributed by atoms with E-state index in [1.54, 1.807) is 12.1 Å². The maximum Gasteiger partial charge on any atom is 0.250 e. The van der Waals surface area contributed by atoms with Crippen LogP contribution in [0.5, 0.6) is 0 Å². The summed E-state index contributed by atoms with van der Waals surface area (Å²) in [5, 5.41) is 0. The molecule has 0 radical (unpaired) electrons. The molecule has 0 aliphatic heterocycles. The van der Waals surface area contributed by atoms with Crippen molar-refractivity contribution in [3.63, 3.8) is 0 Å². The van der Waals surface area contributed by atoms with Crippen LogP contribution in [-0.4, -0.2) is 8.42 Å². The molecule has 1 aromatic carbocycles. The number of sulfonamides is 1. The molecule has 2 rings (SSSR count). The lowest BCUT2D eigenvalue weighted by Crippen LogP contribution is -2.22. The monoisotopic (exact) mass is 331 g/mol. The zero-order valence-electron chi connectivity index (χ0n) is 8.76. The Hall–Kier alpha value is -0.690. The lowest BCUT2D eigenvalue weighted by atomic mass is 10.2. The molecule has 1 N–H and O–H groups in total. The minimum atomic E-state index is -3.40. The largest absolute Gasteiger partial charge is 0.250 e. The number of halogens is 1. The van der Waals surface area contributed by atoms with Crippen LogP contribution in [0.15, 0.2) is 50.5 Å². The van der Waals surface area contributed by atoms with Crippen molar-refractivity contribution >= 4 is 37.3 Å². The predicted octanol–water partition coefficient (Wildman–Crippen LogP) is 2.99. The van der Waals surface area contributed by atoms with Gasteiger partial charge in [-0.2, -0.15) is 0 Å². The van der Waals surface area contributed by atoms with E-state index in [0.29, 0.717) is 10.8 Å². The summed E-state index contributed by atoms with van der Waals surface area (Å²) < 4.78 is 27.5. The van der Waals surface area contributed by atoms with E-state index in [4.69, 9.17) is 0 Å². The first kappa shape index (κ1) is 12.8. The summed E-state index contributed by atoms with van der Waals surface area (Å²) >= 11 is 4.44. The molecule has 0 fully saturated rings. The molecule has 0 aliphatic carbocycles. The molecular formula is C11H10BrNO2S2. The summed E-state index contributed by atoms with van der Waals surface area (Å²) in [4.78, 5) is 0. The first-order valence-corrected chi connectivity index (χ1v) is 7.96. The number of benzene rings is 1. The van der Waals surface area contributed by atoms with E-state index < -0.39 is 10.0 Å². The Morgan fingerprint density at radius 2 is 1.82 bits per heavy atom. The summed E-state index contributed by atoms with van der Waals surface area (Å²) in [6.07, 6.45) is 0. The maximum atomic E-state index is 11.9. The van der Waals surface area contributed by atoms with Crippen LogP contribution in [0, 0.1) is 0 Å². The third kappa shape index (κ3) is 3.38. The molecule has 0 atom stereocenters. The van der Waals surface area contributed by atoms with Crippen LogP contribution in [0.2, 0.25) is 0 Å². The minimum absolute atomic E-state index is 0.304. The fourth-order valence-electron chi connectivity index (χ4n) is 1.29. The maximum absolute atomic E-state index is 11.9. The van der Waals surface area contributed by atoms with Gasteiger partial charge in [0.25, 0.3) is 0 Å². The summed E-state index contributed by atoms with van der Waals surface area (Å²) in [7, 11) is -3.40. The summed E-state index contributed by atoms with van der Waals surface area (Å²) in [5.41, 5.74) is 0.937. The molecule has 2 aromatic rings. The molecule has 3 nitrogen and oxygen atoms in total. The average Bonchev–Trinajstić information content (AvgIpc) is 2.76. The highest BCUT2D eigenvalue weighted by atomic mass is 79.9. The van der Waals surface area contributed by atoms with E-state index in [1.807, 2.05) is 30.3 Å². The Balaban J connectivity index is 2.09. The van der Waals surface area contributed by atoms with Crippen molar-refractivity contribution in [1.82, 2.24) is 4.72 Å². The SMILES string of the molecule is O=S(=O)(NCc1ccccc1)c1ccc(Br)s1. The summed E-state index contributed by atoms with van der Waals surface area (Å²) in [5.74, 6) is 0. The highest BCUT2D eigenvalue weighted by Gasteiger charge is 2.15. The second-order valence-electron chi connectivity index (χ2n) is 3.37. The van der Waals surface area contributed by atoms with Crippen molar-refractivity contribution < 1.29 is 8.42 Å². The average molecular weight is 332 g/mol. The third-order valence-electron chi connectivity index (χ3n) is 2.12. The van der Waals surface area contributed by atoms with Gasteiger partial charge in [-0.05, 0) is 33.6 Å². The van der Waals surface area contributed by atoms with Crippen molar-refractivity contribution in [2.24, 2.45) is 0 Å². The van der Waals surface area contributed by atoms with Gasteiger partial charge < -0.3 is 0 Å². The van der Waals surface area contributed by atoms with E-state index in [1.165, 1.54) is 11.3 Å². The molecule has 0 aliphatic rings. The van der Waals surface area contributed by atoms with Gasteiger partial charge in [-0.1, -0.05) is 30.3 Å². The molecule has 17 heavy (non-hydrogen) atoms. The topological polar surface area (TPSA) is 46.2 Å². The van der Waals surface area contributed by atoms with E-state index in [2.05, 4.69) is 20.7 Å². The quantitative estimate of drug-likeness (QED) is 0.936. The van der Waals surface area contributed by atoms with E-state index >= 15 is 0 Å². The van der Waals surface area contributed by atoms with Crippen molar-refractivity contribution in [3.8, 4) is 0 Å². The molecule has 0 bridgehead atoms. The van der Waals surface area contributed by atoms with Gasteiger partial charge in [-0.25, -0.2) is 13.1 Å². The molecule has 90 valence electrons. The molecule has 0 saturated carbocycles. The molecule has 0 saturated heterocycles. The Labute approximate surface area is 113 Å². The van der Waals surface area contributed by atoms with Crippen molar-refractivity contribution in [2.45, 2.75) is 10.8 Å². The van der Waals surface area contributed by atoms with Crippen molar-refractivity contribution in [3.05, 3.63) is 51.8 Å². The number of nitrogens with one attached hydrogen (secondary N) is 1. The van der Waals surface area contributed by atoms with Gasteiger partial charge in [0.15, 0.2) is 0 Å². The molecule has 1 heterocycles. The van der Waals surface area contributed by atoms with Gasteiger partial charge in [0, 0.05) is 6.54 Å². The molecule has 0 amide bonds. The van der Waals surface area contributed by atoms with Crippen molar-refractivity contribution in [2.75, 3.05) is 0 Å². The standard InChI is InChI=1S/C11H10BrNO2S2/c12-10-6-7-11(16-10)17(14,15)13-8-9-4-2-1-3-5-9/h1-7,13H,8H2. The number of hydrogen-bond acceptors (Lipinski definition) is 3. The number of thiophene rings is 1. The van der Waals surface area contributed by atoms with Crippen LogP contribution in [0.3, 0.4) is 0 Å². The van der Waals surface area contributed by atoms with Gasteiger partial charge in [0.2, 0.25) is 10.0 Å². The number of rotatable bonds is 4. The fraction of sp³-hybridized carbons (Fsp3) is 0.0909. The fourth-order valence-corrected chi connectivity index (χ4v) is 4.36. The third-order valence-corrected chi connectivity index (χ3v) is 5.64. The van der Waals surface area contributed by atoms with Crippen molar-refractivity contribution in [1.29, 1.82) is 0 Å². The van der Waals surface area contributed by atoms with E-state index in [-0.39, 0.29) is 0 Å². The first-order valence-electron chi connectivity index (χ1n) is 4.87. The highest BCUT2D eigenvalue weighted by molar-refractivity contribution is 9.11. The Bertz CT molecular complexity index is 593. The lowest BCUT2D eigenvalue weighted by molar-refractivity contribution is 0.583. The van der Waals surface area contributed by atoms with Gasteiger partial charge in [0.05, 0.1) is 3.79 Å². The van der Waals surface area contributed by atoms with Crippen LogP contribution in [0.25, 0.3) is 0 Å². The summed E-state index contributed by atoms with van der Waals surface area (Å²) in [6.45, 7) is 0.304. The lowest BCUT2D eigenvalue weighted by Gasteiger charge is -2.04. The zero-order chi connectivity index (χ0) is 12.3. The molecule has 0 unspecified atom stereocenters. The minimum Gasteiger partial charge on any atom is -0.206 e. The van der Waals surface area contributed by atoms with E-state index in [0.717, 1.165) is 9.35 Å². The van der Waals surface area contributed by atoms with Crippen LogP contribution >= 0.6 is 27.3 Å². The first-order chi connectivity index (χ1) is 8.08. The zero-order valence-corrected chi connectivity index (χ0v) is 12.0. The molecule has 0 spiro atoms. The van der Waals surface area contributed by atoms with Gasteiger partial charge in [0.1, 0.15) is 4.21 Å². The Kier molecular flexibility index (Phi) is 3.98. The smallest absolute Gasteiger partial charge is 0.206 e. The van der Waals surface area contributed by atoms with Gasteiger partial charge in [-0.15, -0.1) is 11.3 Å². The number of hydrogen-bond donors (Lipinski definition) is 1. The van der Waals surface area contributed by atoms with Gasteiger partial charge in [-0.3, -0.25) is 0 Å². The highest BCUT2D eigenvalue weighted by Crippen LogP contribution is 2.25. The van der Waals surface area contributed by atoms with Crippen LogP contribution in [-0.2, 0) is 16.6 Å².